The summed E-state index contributed by atoms with van der Waals surface area (Å²) in [5, 5.41) is 6.27. The van der Waals surface area contributed by atoms with Gasteiger partial charge < -0.3 is 10.2 Å². The minimum atomic E-state index is -4.56. The van der Waals surface area contributed by atoms with Crippen molar-refractivity contribution in [2.75, 3.05) is 42.6 Å². The molecule has 0 saturated heterocycles. The Balaban J connectivity index is 0.0000106. The molecule has 19 nitrogen and oxygen atoms in total. The Morgan fingerprint density at radius 2 is 1.40 bits per heavy atom. The van der Waals surface area contributed by atoms with E-state index in [0.29, 0.717) is 53.2 Å². The molecule has 0 atom stereocenters. The van der Waals surface area contributed by atoms with Crippen LogP contribution in [0.2, 0.25) is 0 Å². The maximum absolute atomic E-state index is 13.6. The van der Waals surface area contributed by atoms with Crippen LogP contribution in [0.15, 0.2) is 99.0 Å². The summed E-state index contributed by atoms with van der Waals surface area (Å²) in [5.41, 5.74) is 10.7. The predicted octanol–water partition coefficient (Wildman–Crippen LogP) is 4.78. The van der Waals surface area contributed by atoms with Crippen LogP contribution < -0.4 is 10.2 Å². The molecule has 1 amide bonds. The summed E-state index contributed by atoms with van der Waals surface area (Å²) in [6, 6.07) is 8.31. The van der Waals surface area contributed by atoms with Crippen molar-refractivity contribution >= 4 is 93.0 Å². The molecule has 0 bridgehead atoms. The molecular weight excluding hydrogens is 912 g/mol. The van der Waals surface area contributed by atoms with Crippen LogP contribution in [0.4, 0.5) is 11.4 Å². The Bertz CT molecular complexity index is 2740. The fourth-order valence-corrected chi connectivity index (χ4v) is 9.56. The number of rotatable bonds is 21. The molecule has 2 heterocycles. The molecule has 340 valence electrons. The van der Waals surface area contributed by atoms with E-state index < -0.39 is 68.7 Å². The first-order valence-corrected chi connectivity index (χ1v) is 25.4. The molecule has 24 heteroatoms. The van der Waals surface area contributed by atoms with Crippen molar-refractivity contribution < 1.29 is 61.3 Å². The van der Waals surface area contributed by atoms with Gasteiger partial charge in [0.25, 0.3) is 46.4 Å². The Kier molecular flexibility index (Phi) is 18.3. The summed E-state index contributed by atoms with van der Waals surface area (Å²) in [7, 11) is -17.5. The summed E-state index contributed by atoms with van der Waals surface area (Å²) < 4.78 is 134. The number of fused-ring (bicyclic) bond motifs is 2. The standard InChI is InChI=1S/C39H50N6O13S4.Na.H/c1-38(2)31-26-29(61(53,54)55)16-18-33(31)44(22-5-7-24-59(47,48)49)35(38)14-9-12-28(37(46)41-20-11-21-42-43-40)13-10-15-36-39(3,4)32-27-30(62(56,57)58)17-19-34(32)45(36)23-6-8-25-60(50,51)52;;/h9-10,12-19,26-27H,5-8,11,20-25H2,1-4H3,(H4-,41,46,47,48,49,50,51,52,53,54,55,56,57,58);;/p+1. The molecule has 0 aromatic heterocycles. The number of nitrogens with zero attached hydrogens (tertiary/aromatic N) is 5. The zero-order valence-corrected chi connectivity index (χ0v) is 37.8. The fourth-order valence-electron chi connectivity index (χ4n) is 7.41. The molecule has 63 heavy (non-hydrogen) atoms. The van der Waals surface area contributed by atoms with Crippen molar-refractivity contribution in [2.24, 2.45) is 5.11 Å². The molecule has 2 aromatic rings. The third-order valence-electron chi connectivity index (χ3n) is 10.5. The van der Waals surface area contributed by atoms with E-state index in [1.54, 1.807) is 24.3 Å². The van der Waals surface area contributed by atoms with Crippen LogP contribution in [-0.2, 0) is 56.1 Å². The molecule has 2 aliphatic rings. The van der Waals surface area contributed by atoms with Gasteiger partial charge in [-0.1, -0.05) is 31.1 Å². The average Bonchev–Trinajstić information content (AvgIpc) is 3.50. The number of unbranched alkanes of at least 4 members (excludes halogenated alkanes) is 2. The first-order chi connectivity index (χ1) is 28.7. The van der Waals surface area contributed by atoms with Crippen molar-refractivity contribution in [1.29, 1.82) is 0 Å². The second kappa shape index (κ2) is 21.5. The quantitative estimate of drug-likeness (QED) is 0.0130. The molecule has 0 fully saturated rings. The average molecular weight is 964 g/mol. The van der Waals surface area contributed by atoms with Crippen molar-refractivity contribution in [3.05, 3.63) is 106 Å². The van der Waals surface area contributed by atoms with Gasteiger partial charge in [0.2, 0.25) is 5.69 Å². The first kappa shape index (κ1) is 53.6. The number of amides is 1. The van der Waals surface area contributed by atoms with Gasteiger partial charge in [0.15, 0.2) is 5.71 Å². The van der Waals surface area contributed by atoms with E-state index in [2.05, 4.69) is 15.3 Å². The number of carbonyl (C=O) groups excluding carboxylic acids is 1. The Morgan fingerprint density at radius 3 is 1.98 bits per heavy atom. The number of azide groups is 1. The Labute approximate surface area is 390 Å². The van der Waals surface area contributed by atoms with Gasteiger partial charge in [0.1, 0.15) is 6.54 Å². The number of carbonyl (C=O) groups is 1. The number of nitrogens with one attached hydrogen (secondary N) is 1. The van der Waals surface area contributed by atoms with E-state index in [1.807, 2.05) is 37.2 Å². The van der Waals surface area contributed by atoms with E-state index in [0.717, 1.165) is 0 Å². The third kappa shape index (κ3) is 14.4. The Morgan fingerprint density at radius 1 is 0.810 bits per heavy atom. The molecule has 4 rings (SSSR count). The molecule has 2 aliphatic heterocycles. The number of hydrogen-bond acceptors (Lipinski definition) is 11. The van der Waals surface area contributed by atoms with Crippen molar-refractivity contribution in [2.45, 2.75) is 80.4 Å². The number of anilines is 1. The molecular formula is C39H52N6NaO13S4+. The van der Waals surface area contributed by atoms with Crippen LogP contribution >= 0.6 is 0 Å². The van der Waals surface area contributed by atoms with E-state index in [4.69, 9.17) is 5.53 Å². The zero-order chi connectivity index (χ0) is 46.3. The maximum atomic E-state index is 13.6. The zero-order valence-electron chi connectivity index (χ0n) is 34.5. The molecule has 0 radical (unpaired) electrons. The monoisotopic (exact) mass is 963 g/mol. The molecule has 2 aromatic carbocycles. The summed E-state index contributed by atoms with van der Waals surface area (Å²) >= 11 is 0. The normalized spacial score (nSPS) is 16.9. The SMILES string of the molecule is CC1(C)C(/C=C/C=C(/C=C/C=C2/N(CCCCS(=O)(=O)O)c3ccc(S(=O)(=O)O)cc3C2(C)C)C(=O)NCCCN=[N+]=[N-])=[N+](CCCCS(=O)(=O)O)c2ccc(S(=O)(=O)O)cc21.[NaH]. The molecule has 0 saturated carbocycles. The number of hydrogen-bond donors (Lipinski definition) is 5. The van der Waals surface area contributed by atoms with Gasteiger partial charge >= 0.3 is 29.6 Å². The van der Waals surface area contributed by atoms with Gasteiger partial charge in [0.05, 0.1) is 26.7 Å². The molecule has 5 N–H and O–H groups in total. The first-order valence-electron chi connectivity index (χ1n) is 19.3. The minimum absolute atomic E-state index is 0. The van der Waals surface area contributed by atoms with Gasteiger partial charge in [-0.15, -0.1) is 0 Å². The van der Waals surface area contributed by atoms with Crippen molar-refractivity contribution in [3.63, 3.8) is 0 Å². The van der Waals surface area contributed by atoms with Crippen LogP contribution in [0.3, 0.4) is 0 Å². The topological polar surface area (TPSA) is 302 Å². The van der Waals surface area contributed by atoms with Crippen LogP contribution in [0.25, 0.3) is 10.4 Å². The fraction of sp³-hybridized carbons (Fsp3) is 0.436. The van der Waals surface area contributed by atoms with Gasteiger partial charge in [-0.3, -0.25) is 23.0 Å². The molecule has 0 unspecified atom stereocenters. The van der Waals surface area contributed by atoms with Crippen LogP contribution in [0.5, 0.6) is 0 Å². The number of allylic oxidation sites excluding steroid dienone is 6. The summed E-state index contributed by atoms with van der Waals surface area (Å²) in [6.07, 6.45) is 11.0. The van der Waals surface area contributed by atoms with Crippen LogP contribution in [-0.4, -0.2) is 135 Å². The summed E-state index contributed by atoms with van der Waals surface area (Å²) in [4.78, 5) is 17.6. The van der Waals surface area contributed by atoms with Crippen molar-refractivity contribution in [1.82, 2.24) is 5.32 Å². The van der Waals surface area contributed by atoms with Crippen LogP contribution in [0.1, 0.15) is 70.9 Å². The molecule has 0 spiro atoms. The van der Waals surface area contributed by atoms with E-state index in [9.17, 15) is 56.7 Å². The second-order valence-electron chi connectivity index (χ2n) is 15.7. The van der Waals surface area contributed by atoms with Gasteiger partial charge in [-0.05, 0) is 99.2 Å². The molecule has 0 aliphatic carbocycles. The van der Waals surface area contributed by atoms with Gasteiger partial charge in [-0.2, -0.15) is 38.2 Å². The second-order valence-corrected chi connectivity index (χ2v) is 21.7. The third-order valence-corrected chi connectivity index (χ3v) is 13.8. The van der Waals surface area contributed by atoms with E-state index >= 15 is 0 Å². The van der Waals surface area contributed by atoms with Gasteiger partial charge in [0, 0.05) is 71.0 Å². The van der Waals surface area contributed by atoms with Crippen molar-refractivity contribution in [3.8, 4) is 0 Å². The van der Waals surface area contributed by atoms with Gasteiger partial charge in [-0.25, -0.2) is 0 Å². The number of benzene rings is 2. The predicted molar refractivity (Wildman–Crippen MR) is 240 cm³/mol. The summed E-state index contributed by atoms with van der Waals surface area (Å²) in [5.74, 6) is -1.42. The van der Waals surface area contributed by atoms with E-state index in [-0.39, 0.29) is 83.9 Å². The Hall–Kier alpha value is -3.71. The van der Waals surface area contributed by atoms with E-state index in [1.165, 1.54) is 48.6 Å². The van der Waals surface area contributed by atoms with Crippen LogP contribution in [0, 0.1) is 0 Å². The summed E-state index contributed by atoms with van der Waals surface area (Å²) in [6.45, 7) is 8.17.